The molecule has 2 aromatic rings. The Bertz CT molecular complexity index is 611. The van der Waals surface area contributed by atoms with Crippen LogP contribution in [0.1, 0.15) is 24.1 Å². The zero-order valence-corrected chi connectivity index (χ0v) is 12.1. The number of benzene rings is 1. The third-order valence-corrected chi connectivity index (χ3v) is 3.51. The SMILES string of the molecule is CC(c1ccc(Cl)cc1)N(C)c1nnccc1C(=N)N. The highest BCUT2D eigenvalue weighted by atomic mass is 35.5. The van der Waals surface area contributed by atoms with E-state index >= 15 is 0 Å². The van der Waals surface area contributed by atoms with Crippen LogP contribution in [0.15, 0.2) is 36.5 Å². The van der Waals surface area contributed by atoms with E-state index in [1.54, 1.807) is 6.07 Å². The molecule has 0 aliphatic heterocycles. The molecular weight excluding hydrogens is 274 g/mol. The number of hydrogen-bond donors (Lipinski definition) is 2. The third kappa shape index (κ3) is 2.88. The van der Waals surface area contributed by atoms with Gasteiger partial charge in [0.15, 0.2) is 5.82 Å². The second-order valence-corrected chi connectivity index (χ2v) is 4.96. The molecule has 20 heavy (non-hydrogen) atoms. The largest absolute Gasteiger partial charge is 0.384 e. The molecule has 6 heteroatoms. The van der Waals surface area contributed by atoms with Crippen molar-refractivity contribution >= 4 is 23.3 Å². The fourth-order valence-electron chi connectivity index (χ4n) is 1.94. The number of hydrogen-bond acceptors (Lipinski definition) is 4. The number of halogens is 1. The zero-order chi connectivity index (χ0) is 14.7. The number of nitrogen functional groups attached to an aromatic ring is 1. The quantitative estimate of drug-likeness (QED) is 0.670. The first-order valence-electron chi connectivity index (χ1n) is 6.15. The Kier molecular flexibility index (Phi) is 4.20. The van der Waals surface area contributed by atoms with E-state index in [2.05, 4.69) is 10.2 Å². The third-order valence-electron chi connectivity index (χ3n) is 3.26. The van der Waals surface area contributed by atoms with Crippen molar-refractivity contribution in [1.29, 1.82) is 5.41 Å². The van der Waals surface area contributed by atoms with Gasteiger partial charge in [-0.15, -0.1) is 5.10 Å². The molecule has 1 unspecified atom stereocenters. The zero-order valence-electron chi connectivity index (χ0n) is 11.3. The van der Waals surface area contributed by atoms with Crippen LogP contribution in [-0.2, 0) is 0 Å². The summed E-state index contributed by atoms with van der Waals surface area (Å²) in [4.78, 5) is 1.94. The van der Waals surface area contributed by atoms with Crippen molar-refractivity contribution in [2.45, 2.75) is 13.0 Å². The number of nitrogens with zero attached hydrogens (tertiary/aromatic N) is 3. The van der Waals surface area contributed by atoms with E-state index in [-0.39, 0.29) is 11.9 Å². The Morgan fingerprint density at radius 1 is 1.30 bits per heavy atom. The highest BCUT2D eigenvalue weighted by molar-refractivity contribution is 6.30. The highest BCUT2D eigenvalue weighted by Gasteiger charge is 2.18. The molecule has 0 saturated carbocycles. The number of rotatable bonds is 4. The molecule has 0 radical (unpaired) electrons. The summed E-state index contributed by atoms with van der Waals surface area (Å²) in [6.45, 7) is 2.04. The summed E-state index contributed by atoms with van der Waals surface area (Å²) in [5.41, 5.74) is 7.25. The van der Waals surface area contributed by atoms with Gasteiger partial charge in [-0.2, -0.15) is 5.10 Å². The molecule has 0 fully saturated rings. The monoisotopic (exact) mass is 289 g/mol. The van der Waals surface area contributed by atoms with Crippen molar-refractivity contribution < 1.29 is 0 Å². The van der Waals surface area contributed by atoms with Crippen LogP contribution < -0.4 is 10.6 Å². The van der Waals surface area contributed by atoms with Crippen molar-refractivity contribution in [2.75, 3.05) is 11.9 Å². The van der Waals surface area contributed by atoms with Crippen LogP contribution in [0.25, 0.3) is 0 Å². The van der Waals surface area contributed by atoms with E-state index in [0.29, 0.717) is 16.4 Å². The van der Waals surface area contributed by atoms with Crippen molar-refractivity contribution in [2.24, 2.45) is 5.73 Å². The second-order valence-electron chi connectivity index (χ2n) is 4.52. The Hall–Kier alpha value is -2.14. The topological polar surface area (TPSA) is 78.9 Å². The molecule has 2 rings (SSSR count). The summed E-state index contributed by atoms with van der Waals surface area (Å²) >= 11 is 5.90. The molecule has 0 aliphatic carbocycles. The Morgan fingerprint density at radius 3 is 2.55 bits per heavy atom. The van der Waals surface area contributed by atoms with Crippen molar-refractivity contribution in [3.8, 4) is 0 Å². The number of anilines is 1. The number of aromatic nitrogens is 2. The first kappa shape index (κ1) is 14.3. The number of nitrogens with two attached hydrogens (primary N) is 1. The fourth-order valence-corrected chi connectivity index (χ4v) is 2.07. The predicted molar refractivity (Wildman–Crippen MR) is 81.3 cm³/mol. The standard InChI is InChI=1S/C14H16ClN5/c1-9(10-3-5-11(15)6-4-10)20(2)14-12(13(16)17)7-8-18-19-14/h3-9H,1-2H3,(H3,16,17). The van der Waals surface area contributed by atoms with Gasteiger partial charge in [-0.1, -0.05) is 23.7 Å². The maximum Gasteiger partial charge on any atom is 0.162 e. The van der Waals surface area contributed by atoms with Crippen LogP contribution in [0.4, 0.5) is 5.82 Å². The first-order chi connectivity index (χ1) is 9.50. The predicted octanol–water partition coefficient (Wildman–Crippen LogP) is 2.61. The van der Waals surface area contributed by atoms with Crippen LogP contribution >= 0.6 is 11.6 Å². The van der Waals surface area contributed by atoms with E-state index in [1.807, 2.05) is 43.1 Å². The van der Waals surface area contributed by atoms with E-state index in [1.165, 1.54) is 6.20 Å². The molecule has 1 atom stereocenters. The summed E-state index contributed by atoms with van der Waals surface area (Å²) in [5.74, 6) is 0.563. The molecule has 1 aromatic heterocycles. The molecule has 3 N–H and O–H groups in total. The lowest BCUT2D eigenvalue weighted by Gasteiger charge is -2.27. The molecule has 0 saturated heterocycles. The Morgan fingerprint density at radius 2 is 1.95 bits per heavy atom. The lowest BCUT2D eigenvalue weighted by atomic mass is 10.1. The van der Waals surface area contributed by atoms with Gasteiger partial charge in [0.05, 0.1) is 17.8 Å². The highest BCUT2D eigenvalue weighted by Crippen LogP contribution is 2.26. The summed E-state index contributed by atoms with van der Waals surface area (Å²) in [6.07, 6.45) is 1.53. The van der Waals surface area contributed by atoms with Crippen LogP contribution in [0.2, 0.25) is 5.02 Å². The van der Waals surface area contributed by atoms with Gasteiger partial charge < -0.3 is 10.6 Å². The molecule has 104 valence electrons. The van der Waals surface area contributed by atoms with Gasteiger partial charge in [0.1, 0.15) is 5.84 Å². The number of amidine groups is 1. The molecule has 0 aliphatic rings. The van der Waals surface area contributed by atoms with E-state index in [0.717, 1.165) is 5.56 Å². The smallest absolute Gasteiger partial charge is 0.162 e. The van der Waals surface area contributed by atoms with Crippen LogP contribution in [0.3, 0.4) is 0 Å². The first-order valence-corrected chi connectivity index (χ1v) is 6.53. The molecular formula is C14H16ClN5. The summed E-state index contributed by atoms with van der Waals surface area (Å²) in [6, 6.07) is 9.38. The average Bonchev–Trinajstić information content (AvgIpc) is 2.46. The molecule has 0 bridgehead atoms. The molecule has 5 nitrogen and oxygen atoms in total. The average molecular weight is 290 g/mol. The molecule has 1 heterocycles. The summed E-state index contributed by atoms with van der Waals surface area (Å²) in [5, 5.41) is 16.3. The van der Waals surface area contributed by atoms with Gasteiger partial charge in [0.25, 0.3) is 0 Å². The van der Waals surface area contributed by atoms with Crippen LogP contribution in [0.5, 0.6) is 0 Å². The van der Waals surface area contributed by atoms with Crippen LogP contribution in [-0.4, -0.2) is 23.1 Å². The molecule has 1 aromatic carbocycles. The van der Waals surface area contributed by atoms with Crippen molar-refractivity contribution in [3.05, 3.63) is 52.7 Å². The Balaban J connectivity index is 2.33. The van der Waals surface area contributed by atoms with E-state index in [9.17, 15) is 0 Å². The van der Waals surface area contributed by atoms with Gasteiger partial charge in [0.2, 0.25) is 0 Å². The van der Waals surface area contributed by atoms with Gasteiger partial charge in [-0.25, -0.2) is 0 Å². The van der Waals surface area contributed by atoms with Gasteiger partial charge >= 0.3 is 0 Å². The molecule has 0 amide bonds. The number of nitrogens with one attached hydrogen (secondary N) is 1. The van der Waals surface area contributed by atoms with Gasteiger partial charge in [-0.3, -0.25) is 5.41 Å². The maximum absolute atomic E-state index is 7.61. The lowest BCUT2D eigenvalue weighted by Crippen LogP contribution is -2.26. The summed E-state index contributed by atoms with van der Waals surface area (Å²) in [7, 11) is 1.90. The lowest BCUT2D eigenvalue weighted by molar-refractivity contribution is 0.719. The van der Waals surface area contributed by atoms with Crippen molar-refractivity contribution in [3.63, 3.8) is 0 Å². The minimum Gasteiger partial charge on any atom is -0.384 e. The maximum atomic E-state index is 7.61. The van der Waals surface area contributed by atoms with Gasteiger partial charge in [-0.05, 0) is 30.7 Å². The fraction of sp³-hybridized carbons (Fsp3) is 0.214. The van der Waals surface area contributed by atoms with Crippen LogP contribution in [0, 0.1) is 5.41 Å². The van der Waals surface area contributed by atoms with Crippen molar-refractivity contribution in [1.82, 2.24) is 10.2 Å². The van der Waals surface area contributed by atoms with E-state index in [4.69, 9.17) is 22.7 Å². The minimum atomic E-state index is -0.0231. The normalized spacial score (nSPS) is 11.9. The minimum absolute atomic E-state index is 0.0231. The Labute approximate surface area is 122 Å². The summed E-state index contributed by atoms with van der Waals surface area (Å²) < 4.78 is 0. The molecule has 0 spiro atoms. The van der Waals surface area contributed by atoms with E-state index < -0.39 is 0 Å². The second kappa shape index (κ2) is 5.88. The van der Waals surface area contributed by atoms with Gasteiger partial charge in [0, 0.05) is 12.1 Å².